The first kappa shape index (κ1) is 19.5. The van der Waals surface area contributed by atoms with E-state index in [0.717, 1.165) is 16.7 Å². The molecule has 0 radical (unpaired) electrons. The van der Waals surface area contributed by atoms with Gasteiger partial charge in [-0.05, 0) is 47.7 Å². The lowest BCUT2D eigenvalue weighted by Crippen LogP contribution is -2.33. The van der Waals surface area contributed by atoms with Gasteiger partial charge in [0.2, 0.25) is 0 Å². The lowest BCUT2D eigenvalue weighted by Gasteiger charge is -2.16. The molecule has 0 aromatic heterocycles. The van der Waals surface area contributed by atoms with Crippen molar-refractivity contribution in [2.75, 3.05) is 26.2 Å². The average molecular weight is 398 g/mol. The molecular weight excluding hydrogens is 380 g/mol. The van der Waals surface area contributed by atoms with E-state index in [9.17, 15) is 14.4 Å². The number of hydrogen-bond acceptors (Lipinski definition) is 7. The molecule has 3 rings (SSSR count). The van der Waals surface area contributed by atoms with Gasteiger partial charge in [-0.3, -0.25) is 14.5 Å². The van der Waals surface area contributed by atoms with Crippen molar-refractivity contribution in [2.45, 2.75) is 0 Å². The van der Waals surface area contributed by atoms with Gasteiger partial charge in [-0.25, -0.2) is 4.79 Å². The second-order valence-corrected chi connectivity index (χ2v) is 6.75. The van der Waals surface area contributed by atoms with Gasteiger partial charge < -0.3 is 14.8 Å². The standard InChI is InChI=1S/C20H18N2O5S/c1-26-16-6-4-3-5-15(16)21-12-22-18(23)17(28-20(22)25)11-13-7-9-14(10-8-13)19(24)27-2/h3-11,21H,12H2,1-2H3/b17-11+. The summed E-state index contributed by atoms with van der Waals surface area (Å²) in [5.41, 5.74) is 1.80. The number of carbonyl (C=O) groups is 3. The molecule has 1 aliphatic rings. The number of esters is 1. The van der Waals surface area contributed by atoms with E-state index >= 15 is 0 Å². The van der Waals surface area contributed by atoms with E-state index in [2.05, 4.69) is 10.1 Å². The molecule has 7 nitrogen and oxygen atoms in total. The van der Waals surface area contributed by atoms with Gasteiger partial charge in [-0.1, -0.05) is 24.3 Å². The molecule has 1 heterocycles. The van der Waals surface area contributed by atoms with E-state index in [4.69, 9.17) is 4.74 Å². The smallest absolute Gasteiger partial charge is 0.337 e. The maximum absolute atomic E-state index is 12.6. The summed E-state index contributed by atoms with van der Waals surface area (Å²) in [5.74, 6) is -0.195. The molecule has 0 unspecified atom stereocenters. The summed E-state index contributed by atoms with van der Waals surface area (Å²) in [6, 6.07) is 13.8. The van der Waals surface area contributed by atoms with Crippen LogP contribution in [0.1, 0.15) is 15.9 Å². The largest absolute Gasteiger partial charge is 0.495 e. The Balaban J connectivity index is 1.70. The number of imide groups is 1. The van der Waals surface area contributed by atoms with E-state index in [1.54, 1.807) is 49.6 Å². The molecule has 2 aromatic carbocycles. The maximum atomic E-state index is 12.6. The van der Waals surface area contributed by atoms with E-state index in [-0.39, 0.29) is 17.8 Å². The monoisotopic (exact) mass is 398 g/mol. The Morgan fingerprint density at radius 3 is 2.50 bits per heavy atom. The minimum Gasteiger partial charge on any atom is -0.495 e. The van der Waals surface area contributed by atoms with E-state index < -0.39 is 5.97 Å². The molecule has 144 valence electrons. The van der Waals surface area contributed by atoms with Gasteiger partial charge in [0.05, 0.1) is 37.0 Å². The van der Waals surface area contributed by atoms with E-state index in [1.165, 1.54) is 7.11 Å². The molecule has 2 amide bonds. The summed E-state index contributed by atoms with van der Waals surface area (Å²) in [7, 11) is 2.86. The Kier molecular flexibility index (Phi) is 6.00. The molecule has 1 N–H and O–H groups in total. The van der Waals surface area contributed by atoms with Crippen molar-refractivity contribution >= 4 is 40.6 Å². The van der Waals surface area contributed by atoms with Gasteiger partial charge in [0.15, 0.2) is 0 Å². The van der Waals surface area contributed by atoms with Crippen LogP contribution in [-0.4, -0.2) is 42.9 Å². The topological polar surface area (TPSA) is 84.9 Å². The first-order chi connectivity index (χ1) is 13.5. The fourth-order valence-electron chi connectivity index (χ4n) is 2.58. The zero-order valence-electron chi connectivity index (χ0n) is 15.3. The highest BCUT2D eigenvalue weighted by Crippen LogP contribution is 2.32. The number of methoxy groups -OCH3 is 2. The number of nitrogens with zero attached hydrogens (tertiary/aromatic N) is 1. The Labute approximate surface area is 166 Å². The summed E-state index contributed by atoms with van der Waals surface area (Å²) in [6.07, 6.45) is 1.62. The number of nitrogens with one attached hydrogen (secondary N) is 1. The summed E-state index contributed by atoms with van der Waals surface area (Å²) < 4.78 is 9.90. The molecule has 2 aromatic rings. The zero-order valence-corrected chi connectivity index (χ0v) is 16.1. The molecule has 0 saturated carbocycles. The number of benzene rings is 2. The van der Waals surface area contributed by atoms with Crippen LogP contribution in [0.15, 0.2) is 53.4 Å². The fourth-order valence-corrected chi connectivity index (χ4v) is 3.41. The van der Waals surface area contributed by atoms with Gasteiger partial charge in [-0.15, -0.1) is 0 Å². The average Bonchev–Trinajstić information content (AvgIpc) is 2.99. The van der Waals surface area contributed by atoms with Crippen LogP contribution in [0, 0.1) is 0 Å². The van der Waals surface area contributed by atoms with Gasteiger partial charge in [-0.2, -0.15) is 0 Å². The predicted octanol–water partition coefficient (Wildman–Crippen LogP) is 3.59. The van der Waals surface area contributed by atoms with Gasteiger partial charge in [0.25, 0.3) is 11.1 Å². The minimum absolute atomic E-state index is 0.0314. The zero-order chi connectivity index (χ0) is 20.1. The highest BCUT2D eigenvalue weighted by atomic mass is 32.2. The van der Waals surface area contributed by atoms with Crippen molar-refractivity contribution in [3.05, 3.63) is 64.6 Å². The number of para-hydroxylation sites is 2. The molecule has 0 atom stereocenters. The first-order valence-corrected chi connectivity index (χ1v) is 9.15. The van der Waals surface area contributed by atoms with Crippen LogP contribution in [0.2, 0.25) is 0 Å². The number of anilines is 1. The third-order valence-corrected chi connectivity index (χ3v) is 4.95. The first-order valence-electron chi connectivity index (χ1n) is 8.34. The Morgan fingerprint density at radius 1 is 1.11 bits per heavy atom. The van der Waals surface area contributed by atoms with Crippen molar-refractivity contribution in [3.63, 3.8) is 0 Å². The summed E-state index contributed by atoms with van der Waals surface area (Å²) >= 11 is 0.872. The number of carbonyl (C=O) groups excluding carboxylic acids is 3. The molecule has 0 aliphatic carbocycles. The van der Waals surface area contributed by atoms with Crippen LogP contribution in [0.25, 0.3) is 6.08 Å². The van der Waals surface area contributed by atoms with Crippen LogP contribution in [0.3, 0.4) is 0 Å². The molecule has 8 heteroatoms. The highest BCUT2D eigenvalue weighted by molar-refractivity contribution is 8.18. The molecule has 1 aliphatic heterocycles. The number of amides is 2. The van der Waals surface area contributed by atoms with Crippen molar-refractivity contribution in [1.29, 1.82) is 0 Å². The third-order valence-electron chi connectivity index (χ3n) is 4.04. The van der Waals surface area contributed by atoms with Crippen molar-refractivity contribution in [2.24, 2.45) is 0 Å². The molecule has 0 spiro atoms. The second kappa shape index (κ2) is 8.62. The number of hydrogen-bond donors (Lipinski definition) is 1. The van der Waals surface area contributed by atoms with Crippen LogP contribution in [0.4, 0.5) is 10.5 Å². The molecule has 0 bridgehead atoms. The van der Waals surface area contributed by atoms with Crippen LogP contribution < -0.4 is 10.1 Å². The molecule has 1 fully saturated rings. The van der Waals surface area contributed by atoms with Crippen LogP contribution >= 0.6 is 11.8 Å². The number of ether oxygens (including phenoxy) is 2. The van der Waals surface area contributed by atoms with Crippen molar-refractivity contribution in [1.82, 2.24) is 4.90 Å². The Morgan fingerprint density at radius 2 is 1.82 bits per heavy atom. The molecule has 1 saturated heterocycles. The second-order valence-electron chi connectivity index (χ2n) is 5.76. The summed E-state index contributed by atoms with van der Waals surface area (Å²) in [5, 5.41) is 2.69. The Bertz CT molecular complexity index is 940. The highest BCUT2D eigenvalue weighted by Gasteiger charge is 2.34. The van der Waals surface area contributed by atoms with Crippen molar-refractivity contribution < 1.29 is 23.9 Å². The lowest BCUT2D eigenvalue weighted by molar-refractivity contribution is -0.122. The summed E-state index contributed by atoms with van der Waals surface area (Å²) in [4.78, 5) is 37.8. The van der Waals surface area contributed by atoms with E-state index in [1.807, 2.05) is 12.1 Å². The SMILES string of the molecule is COC(=O)c1ccc(/C=C2/SC(=O)N(CNc3ccccc3OC)C2=O)cc1. The van der Waals surface area contributed by atoms with E-state index in [0.29, 0.717) is 27.5 Å². The van der Waals surface area contributed by atoms with Crippen molar-refractivity contribution in [3.8, 4) is 5.75 Å². The number of thioether (sulfide) groups is 1. The maximum Gasteiger partial charge on any atom is 0.337 e. The fraction of sp³-hybridized carbons (Fsp3) is 0.150. The quantitative estimate of drug-likeness (QED) is 0.588. The molecular formula is C20H18N2O5S. The van der Waals surface area contributed by atoms with Crippen LogP contribution in [-0.2, 0) is 9.53 Å². The summed E-state index contributed by atoms with van der Waals surface area (Å²) in [6.45, 7) is 0.0314. The Hall–Kier alpha value is -3.26. The normalized spacial score (nSPS) is 15.1. The predicted molar refractivity (Wildman–Crippen MR) is 107 cm³/mol. The molecule has 28 heavy (non-hydrogen) atoms. The van der Waals surface area contributed by atoms with Gasteiger partial charge in [0.1, 0.15) is 5.75 Å². The minimum atomic E-state index is -0.436. The number of rotatable bonds is 6. The lowest BCUT2D eigenvalue weighted by atomic mass is 10.1. The van der Waals surface area contributed by atoms with Gasteiger partial charge in [0, 0.05) is 0 Å². The van der Waals surface area contributed by atoms with Crippen LogP contribution in [0.5, 0.6) is 5.75 Å². The van der Waals surface area contributed by atoms with Gasteiger partial charge >= 0.3 is 5.97 Å². The third kappa shape index (κ3) is 4.17.